The zero-order valence-corrected chi connectivity index (χ0v) is 79.7. The highest BCUT2D eigenvalue weighted by Crippen LogP contribution is 2.44. The van der Waals surface area contributed by atoms with Crippen LogP contribution >= 0.6 is 58.8 Å². The maximum atomic E-state index is 11.8. The van der Waals surface area contributed by atoms with E-state index >= 15 is 0 Å². The summed E-state index contributed by atoms with van der Waals surface area (Å²) < 4.78 is 0. The number of aromatic nitrogens is 25. The van der Waals surface area contributed by atoms with Gasteiger partial charge >= 0.3 is 0 Å². The summed E-state index contributed by atoms with van der Waals surface area (Å²) in [6.07, 6.45) is 4.92. The molecular weight excluding hydrogens is 1900 g/mol. The number of nitrogens with one attached hydrogen (secondary N) is 20. The Labute approximate surface area is 827 Å². The summed E-state index contributed by atoms with van der Waals surface area (Å²) in [7, 11) is 0. The average Bonchev–Trinajstić information content (AvgIpc) is 1.75. The van der Waals surface area contributed by atoms with Gasteiger partial charge in [-0.25, -0.2) is 24.9 Å². The van der Waals surface area contributed by atoms with Crippen LogP contribution in [0.1, 0.15) is 60.3 Å². The Morgan fingerprint density at radius 3 is 1.02 bits per heavy atom. The van der Waals surface area contributed by atoms with Crippen LogP contribution in [0.25, 0.3) is 109 Å². The lowest BCUT2D eigenvalue weighted by atomic mass is 10.1. The maximum Gasteiger partial charge on any atom is 0.271 e. The van der Waals surface area contributed by atoms with E-state index in [2.05, 4.69) is 194 Å². The van der Waals surface area contributed by atoms with Crippen LogP contribution < -0.4 is 54.4 Å². The Kier molecular flexibility index (Phi) is 24.4. The summed E-state index contributed by atoms with van der Waals surface area (Å²) in [6.45, 7) is 3.90. The lowest BCUT2D eigenvalue weighted by Gasteiger charge is -2.10. The minimum atomic E-state index is -0.118. The van der Waals surface area contributed by atoms with E-state index < -0.39 is 0 Å². The van der Waals surface area contributed by atoms with Crippen molar-refractivity contribution in [3.63, 3.8) is 0 Å². The van der Waals surface area contributed by atoms with Gasteiger partial charge in [-0.1, -0.05) is 168 Å². The number of hydrogen-bond acceptors (Lipinski definition) is 25. The molecule has 0 radical (unpaired) electrons. The number of rotatable bonds is 22. The Balaban J connectivity index is 0.0000000994. The maximum absolute atomic E-state index is 11.8. The molecule has 25 aromatic rings. The zero-order chi connectivity index (χ0) is 96.5. The van der Waals surface area contributed by atoms with Gasteiger partial charge in [-0.05, 0) is 201 Å². The molecular formula is C103H82N30O5S5. The highest BCUT2D eigenvalue weighted by atomic mass is 32.2. The van der Waals surface area contributed by atoms with Crippen molar-refractivity contribution in [3.8, 4) is 0 Å². The molecule has 35 nitrogen and oxygen atoms in total. The van der Waals surface area contributed by atoms with Gasteiger partial charge in [-0.15, -0.1) is 0 Å². The number of para-hydroxylation sites is 2. The van der Waals surface area contributed by atoms with E-state index in [1.807, 2.05) is 232 Å². The lowest BCUT2D eigenvalue weighted by Crippen LogP contribution is -1.97. The summed E-state index contributed by atoms with van der Waals surface area (Å²) >= 11 is 7.72. The van der Waals surface area contributed by atoms with E-state index in [-0.39, 0.29) is 27.8 Å². The molecule has 2 saturated carbocycles. The first-order valence-electron chi connectivity index (χ1n) is 45.4. The van der Waals surface area contributed by atoms with E-state index in [1.165, 1.54) is 48.8 Å². The number of hydrogen-bond donors (Lipinski definition) is 20. The highest BCUT2D eigenvalue weighted by Gasteiger charge is 2.28. The van der Waals surface area contributed by atoms with Crippen LogP contribution in [0.4, 0.5) is 58.0 Å². The monoisotopic (exact) mass is 1980 g/mol. The number of H-pyrrole nitrogens is 15. The van der Waals surface area contributed by atoms with Crippen molar-refractivity contribution in [1.29, 1.82) is 0 Å². The summed E-state index contributed by atoms with van der Waals surface area (Å²) in [4.78, 5) is 87.4. The van der Waals surface area contributed by atoms with Crippen molar-refractivity contribution in [3.05, 3.63) is 354 Å². The molecule has 40 heteroatoms. The third-order valence-electron chi connectivity index (χ3n) is 23.8. The molecule has 2 fully saturated rings. The van der Waals surface area contributed by atoms with Crippen LogP contribution in [-0.2, 0) is 0 Å². The summed E-state index contributed by atoms with van der Waals surface area (Å²) in [6, 6.07) is 91.0. The van der Waals surface area contributed by atoms with Crippen LogP contribution in [0.15, 0.2) is 353 Å². The number of pyridine rings is 5. The first kappa shape index (κ1) is 89.3. The Hall–Kier alpha value is -17.6. The van der Waals surface area contributed by atoms with Crippen molar-refractivity contribution in [2.24, 2.45) is 0 Å². The smallest absolute Gasteiger partial charge is 0.271 e. The first-order valence-corrected chi connectivity index (χ1v) is 49.5. The molecule has 0 unspecified atom stereocenters. The minimum Gasteiger partial charge on any atom is -0.338 e. The predicted molar refractivity (Wildman–Crippen MR) is 567 cm³/mol. The molecule has 2 aliphatic carbocycles. The third kappa shape index (κ3) is 20.1. The molecule has 0 bridgehead atoms. The fraction of sp³-hybridized carbons (Fsp3) is 0.0777. The number of anilines is 10. The number of aromatic amines is 15. The Morgan fingerprint density at radius 2 is 0.601 bits per heavy atom. The number of aryl methyl sites for hydroxylation is 2. The van der Waals surface area contributed by atoms with Gasteiger partial charge in [0.15, 0.2) is 29.1 Å². The molecule has 704 valence electrons. The molecule has 15 heterocycles. The molecule has 15 aromatic heterocycles. The SMILES string of the molecule is Cc1cc(Nc2cccc(Sc3ccc4c(=O)[nH][nH]c4c3)n2)n[nH]1.Cc1cc(Nc2nc(Sc3ccc4c(=O)[nH][nH]c4c3)cc3ccccc23)n[nH]1.O=c1[nH][nH]c2cc(Sc3cc(Nc4cc(C5CC5)[nH]n4)c4ccccc4n3)ccc12.O=c1[nH][nH]c2cc(Sc3cc4ccccc4c(Nc4cc(C5CC5)[nH]n4)n3)ccc12.O=c1[nH][nH]c2cc(Sc3cc4ccccc4c(Nc4n[nH]c5ccccc45)n3)ccc12. The third-order valence-corrected chi connectivity index (χ3v) is 28.3. The molecule has 27 rings (SSSR count). The van der Waals surface area contributed by atoms with Crippen molar-refractivity contribution in [1.82, 2.24) is 127 Å². The molecule has 2 aliphatic rings. The van der Waals surface area contributed by atoms with E-state index in [1.54, 1.807) is 47.0 Å². The van der Waals surface area contributed by atoms with Crippen LogP contribution in [0.2, 0.25) is 0 Å². The number of benzene rings is 10. The molecule has 20 N–H and O–H groups in total. The lowest BCUT2D eigenvalue weighted by molar-refractivity contribution is 0.966. The summed E-state index contributed by atoms with van der Waals surface area (Å²) in [5.41, 5.74) is 10.5. The van der Waals surface area contributed by atoms with E-state index in [9.17, 15) is 24.0 Å². The molecule has 0 atom stereocenters. The Morgan fingerprint density at radius 1 is 0.245 bits per heavy atom. The highest BCUT2D eigenvalue weighted by molar-refractivity contribution is 8.00. The molecule has 0 amide bonds. The van der Waals surface area contributed by atoms with Crippen LogP contribution in [0, 0.1) is 13.8 Å². The molecule has 0 saturated heterocycles. The van der Waals surface area contributed by atoms with E-state index in [4.69, 9.17) is 19.9 Å². The first-order chi connectivity index (χ1) is 70.0. The quantitative estimate of drug-likeness (QED) is 0.0300. The van der Waals surface area contributed by atoms with Gasteiger partial charge in [0, 0.05) is 110 Å². The zero-order valence-electron chi connectivity index (χ0n) is 75.6. The normalized spacial score (nSPS) is 12.4. The van der Waals surface area contributed by atoms with Crippen molar-refractivity contribution in [2.45, 2.75) is 101 Å². The fourth-order valence-electron chi connectivity index (χ4n) is 16.5. The van der Waals surface area contributed by atoms with Gasteiger partial charge < -0.3 is 26.6 Å². The second kappa shape index (κ2) is 39.0. The topological polar surface area (TPSA) is 511 Å². The molecule has 0 aliphatic heterocycles. The predicted octanol–water partition coefficient (Wildman–Crippen LogP) is 22.5. The van der Waals surface area contributed by atoms with E-state index in [0.29, 0.717) is 38.8 Å². The molecule has 143 heavy (non-hydrogen) atoms. The van der Waals surface area contributed by atoms with Gasteiger partial charge in [0.2, 0.25) is 0 Å². The van der Waals surface area contributed by atoms with Gasteiger partial charge in [0.25, 0.3) is 27.8 Å². The van der Waals surface area contributed by atoms with Gasteiger partial charge in [-0.2, -0.15) is 25.5 Å². The van der Waals surface area contributed by atoms with Crippen molar-refractivity contribution >= 4 is 225 Å². The largest absolute Gasteiger partial charge is 0.338 e. The van der Waals surface area contributed by atoms with Crippen LogP contribution in [-0.4, -0.2) is 127 Å². The summed E-state index contributed by atoms with van der Waals surface area (Å²) in [5, 5.41) is 97.0. The average molecular weight is 1980 g/mol. The molecule has 10 aromatic carbocycles. The number of nitrogens with zero attached hydrogens (tertiary/aromatic N) is 10. The standard InChI is InChI=1S/C23H16N6OS.2C22H18N6OS.C20H16N6OS.C16H14N6OS/c30-23-17-10-9-14(12-19(17)27-29-23)31-20-11-13-5-1-2-6-15(13)21(24-20)25-22-16-7-3-4-8-18(16)26-28-22;29-22-15-8-7-13(9-19(15)26-28-22)30-21-11-18(14-3-1-2-4-16(14)24-21)23-20-10-17(25-27-20)12-5-6-12;29-22-16-8-7-14(10-18(16)26-28-22)30-20-9-13-3-1-2-4-15(13)21(24-20)23-19-11-17(25-27-19)12-5-6-12;1-11-8-17(25-23-11)21-19-14-5-3-2-4-12(14)9-18(22-19)28-13-6-7-15-16(10-13)24-26-20(15)27;1-9-7-14(21-19-9)17-13-3-2-4-15(18-13)24-10-5-6-11-12(8-10)20-22-16(11)23/h1-12H,(H2,27,29,30)(H2,24,25,26,28);2*1-4,7-12H,5-6H2,(H2,26,28,29)(H2,23,24,25,27);2-10H,1H3,(H2,24,26,27)(H2,21,22,23,25);2-8H,1H3,(H2,20,22,23)(H2,17,18,19,21). The number of fused-ring (bicyclic) bond motifs is 10. The van der Waals surface area contributed by atoms with Gasteiger partial charge in [0.05, 0.1) is 71.2 Å². The van der Waals surface area contributed by atoms with Gasteiger partial charge in [0.1, 0.15) is 48.4 Å². The van der Waals surface area contributed by atoms with Gasteiger partial charge in [-0.3, -0.25) is 100 Å². The van der Waals surface area contributed by atoms with Crippen molar-refractivity contribution < 1.29 is 0 Å². The van der Waals surface area contributed by atoms with Crippen LogP contribution in [0.5, 0.6) is 0 Å². The Bertz CT molecular complexity index is 9210. The van der Waals surface area contributed by atoms with Crippen molar-refractivity contribution in [2.75, 3.05) is 26.6 Å². The van der Waals surface area contributed by atoms with E-state index in [0.717, 1.165) is 201 Å². The van der Waals surface area contributed by atoms with Crippen LogP contribution in [0.3, 0.4) is 0 Å². The minimum absolute atomic E-state index is 0.110. The summed E-state index contributed by atoms with van der Waals surface area (Å²) in [5.74, 6) is 8.04. The second-order valence-electron chi connectivity index (χ2n) is 34.0. The second-order valence-corrected chi connectivity index (χ2v) is 39.5. The molecule has 0 spiro atoms. The fourth-order valence-corrected chi connectivity index (χ4v) is 20.8.